The first-order chi connectivity index (χ1) is 7.84. The van der Waals surface area contributed by atoms with Crippen LogP contribution in [0.1, 0.15) is 29.3 Å². The number of nitrogens with one attached hydrogen (secondary N) is 1. The Morgan fingerprint density at radius 3 is 3.19 bits per heavy atom. The Balaban J connectivity index is 2.06. The van der Waals surface area contributed by atoms with Gasteiger partial charge < -0.3 is 9.72 Å². The van der Waals surface area contributed by atoms with Crippen LogP contribution in [0.5, 0.6) is 5.75 Å². The van der Waals surface area contributed by atoms with Gasteiger partial charge in [0.25, 0.3) is 0 Å². The van der Waals surface area contributed by atoms with Gasteiger partial charge in [-0.05, 0) is 25.0 Å². The van der Waals surface area contributed by atoms with Gasteiger partial charge in [0.2, 0.25) is 0 Å². The molecule has 0 spiro atoms. The predicted octanol–water partition coefficient (Wildman–Crippen LogP) is 2.63. The molecule has 1 aromatic heterocycles. The van der Waals surface area contributed by atoms with Crippen LogP contribution >= 0.6 is 0 Å². The first-order valence-electron chi connectivity index (χ1n) is 5.57. The summed E-state index contributed by atoms with van der Waals surface area (Å²) in [4.78, 5) is 7.55. The second kappa shape index (κ2) is 3.67. The molecule has 0 bridgehead atoms. The highest BCUT2D eigenvalue weighted by Gasteiger charge is 2.24. The molecule has 0 saturated carbocycles. The molecule has 0 amide bonds. The number of ether oxygens (including phenoxy) is 1. The van der Waals surface area contributed by atoms with Crippen LogP contribution in [0.2, 0.25) is 0 Å². The van der Waals surface area contributed by atoms with E-state index in [-0.39, 0.29) is 0 Å². The molecule has 82 valence electrons. The van der Waals surface area contributed by atoms with E-state index < -0.39 is 0 Å². The molecule has 0 unspecified atom stereocenters. The number of rotatable bonds is 1. The number of hydrogen-bond acceptors (Lipinski definition) is 2. The molecule has 0 radical (unpaired) electrons. The van der Waals surface area contributed by atoms with E-state index in [1.807, 2.05) is 6.20 Å². The van der Waals surface area contributed by atoms with Gasteiger partial charge in [-0.25, -0.2) is 4.98 Å². The lowest BCUT2D eigenvalue weighted by molar-refractivity contribution is 0.274. The van der Waals surface area contributed by atoms with Crippen LogP contribution in [0, 0.1) is 6.92 Å². The van der Waals surface area contributed by atoms with Crippen LogP contribution in [0.3, 0.4) is 0 Å². The molecule has 3 heteroatoms. The summed E-state index contributed by atoms with van der Waals surface area (Å²) in [6.45, 7) is 2.85. The maximum absolute atomic E-state index is 5.69. The van der Waals surface area contributed by atoms with Crippen molar-refractivity contribution < 1.29 is 4.74 Å². The van der Waals surface area contributed by atoms with E-state index in [9.17, 15) is 0 Å². The van der Waals surface area contributed by atoms with E-state index in [4.69, 9.17) is 4.74 Å². The van der Waals surface area contributed by atoms with E-state index in [0.717, 1.165) is 24.6 Å². The number of H-pyrrole nitrogens is 1. The van der Waals surface area contributed by atoms with Gasteiger partial charge in [-0.15, -0.1) is 0 Å². The fraction of sp³-hybridized carbons (Fsp3) is 0.308. The van der Waals surface area contributed by atoms with E-state index in [0.29, 0.717) is 5.92 Å². The largest absolute Gasteiger partial charge is 0.493 e. The highest BCUT2D eigenvalue weighted by Crippen LogP contribution is 2.36. The minimum Gasteiger partial charge on any atom is -0.493 e. The van der Waals surface area contributed by atoms with Gasteiger partial charge >= 0.3 is 0 Å². The van der Waals surface area contributed by atoms with Crippen LogP contribution in [-0.2, 0) is 0 Å². The van der Waals surface area contributed by atoms with Crippen molar-refractivity contribution in [3.63, 3.8) is 0 Å². The molecule has 3 rings (SSSR count). The average molecular weight is 214 g/mol. The second-order valence-electron chi connectivity index (χ2n) is 4.21. The van der Waals surface area contributed by atoms with Gasteiger partial charge in [-0.1, -0.05) is 12.1 Å². The summed E-state index contributed by atoms with van der Waals surface area (Å²) >= 11 is 0. The zero-order chi connectivity index (χ0) is 11.0. The number of imidazole rings is 1. The molecule has 0 fully saturated rings. The van der Waals surface area contributed by atoms with Gasteiger partial charge in [0, 0.05) is 23.9 Å². The molecule has 16 heavy (non-hydrogen) atoms. The lowest BCUT2D eigenvalue weighted by Gasteiger charge is -2.24. The number of hydrogen-bond donors (Lipinski definition) is 1. The van der Waals surface area contributed by atoms with E-state index in [2.05, 4.69) is 35.1 Å². The third-order valence-corrected chi connectivity index (χ3v) is 3.06. The second-order valence-corrected chi connectivity index (χ2v) is 4.21. The number of aromatic amines is 1. The lowest BCUT2D eigenvalue weighted by atomic mass is 9.92. The van der Waals surface area contributed by atoms with Crippen LogP contribution in [0.15, 0.2) is 30.6 Å². The van der Waals surface area contributed by atoms with Gasteiger partial charge in [0.1, 0.15) is 11.6 Å². The minimum atomic E-state index is 0.347. The Morgan fingerprint density at radius 1 is 1.44 bits per heavy atom. The van der Waals surface area contributed by atoms with Crippen LogP contribution in [-0.4, -0.2) is 16.6 Å². The van der Waals surface area contributed by atoms with Crippen molar-refractivity contribution in [1.82, 2.24) is 9.97 Å². The van der Waals surface area contributed by atoms with Crippen LogP contribution in [0.4, 0.5) is 0 Å². The van der Waals surface area contributed by atoms with Crippen molar-refractivity contribution in [3.8, 4) is 5.75 Å². The summed E-state index contributed by atoms with van der Waals surface area (Å²) in [5, 5.41) is 0. The number of benzene rings is 1. The molecule has 3 nitrogen and oxygen atoms in total. The third-order valence-electron chi connectivity index (χ3n) is 3.06. The summed E-state index contributed by atoms with van der Waals surface area (Å²) in [5.74, 6) is 2.39. The summed E-state index contributed by atoms with van der Waals surface area (Å²) < 4.78 is 5.69. The van der Waals surface area contributed by atoms with E-state index in [1.165, 1.54) is 11.1 Å². The predicted molar refractivity (Wildman–Crippen MR) is 61.7 cm³/mol. The van der Waals surface area contributed by atoms with Gasteiger partial charge in [0.15, 0.2) is 0 Å². The van der Waals surface area contributed by atoms with Crippen molar-refractivity contribution in [3.05, 3.63) is 47.5 Å². The van der Waals surface area contributed by atoms with Gasteiger partial charge in [0.05, 0.1) is 6.61 Å². The normalized spacial score (nSPS) is 18.9. The molecular weight excluding hydrogens is 200 g/mol. The topological polar surface area (TPSA) is 37.9 Å². The maximum Gasteiger partial charge on any atom is 0.123 e. The zero-order valence-electron chi connectivity index (χ0n) is 9.23. The average Bonchev–Trinajstić information content (AvgIpc) is 2.81. The summed E-state index contributed by atoms with van der Waals surface area (Å²) in [6, 6.07) is 6.38. The summed E-state index contributed by atoms with van der Waals surface area (Å²) in [7, 11) is 0. The van der Waals surface area contributed by atoms with E-state index >= 15 is 0 Å². The Labute approximate surface area is 94.5 Å². The Morgan fingerprint density at radius 2 is 2.38 bits per heavy atom. The Kier molecular flexibility index (Phi) is 2.17. The van der Waals surface area contributed by atoms with Crippen molar-refractivity contribution in [2.24, 2.45) is 0 Å². The Hall–Kier alpha value is -1.77. The summed E-state index contributed by atoms with van der Waals surface area (Å²) in [5.41, 5.74) is 2.48. The number of aromatic nitrogens is 2. The first kappa shape index (κ1) is 9.46. The third kappa shape index (κ3) is 1.48. The zero-order valence-corrected chi connectivity index (χ0v) is 9.23. The molecule has 1 N–H and O–H groups in total. The molecule has 2 aromatic rings. The van der Waals surface area contributed by atoms with Gasteiger partial charge in [-0.3, -0.25) is 0 Å². The molecule has 0 saturated heterocycles. The highest BCUT2D eigenvalue weighted by atomic mass is 16.5. The fourth-order valence-corrected chi connectivity index (χ4v) is 2.25. The van der Waals surface area contributed by atoms with Gasteiger partial charge in [-0.2, -0.15) is 0 Å². The van der Waals surface area contributed by atoms with Crippen molar-refractivity contribution in [2.75, 3.05) is 6.61 Å². The van der Waals surface area contributed by atoms with Crippen LogP contribution in [0.25, 0.3) is 0 Å². The molecular formula is C13H14N2O. The number of aryl methyl sites for hydroxylation is 1. The quantitative estimate of drug-likeness (QED) is 0.792. The molecule has 1 atom stereocenters. The van der Waals surface area contributed by atoms with Crippen LogP contribution < -0.4 is 4.74 Å². The van der Waals surface area contributed by atoms with Crippen molar-refractivity contribution in [1.29, 1.82) is 0 Å². The number of nitrogens with zero attached hydrogens (tertiary/aromatic N) is 1. The molecule has 0 aliphatic carbocycles. The standard InChI is InChI=1S/C13H14N2O/c1-9-2-3-10-11(13-14-5-6-15-13)4-7-16-12(10)8-9/h2-3,5-6,8,11H,4,7H2,1H3,(H,14,15)/t11-/m1/s1. The first-order valence-corrected chi connectivity index (χ1v) is 5.57. The monoisotopic (exact) mass is 214 g/mol. The van der Waals surface area contributed by atoms with E-state index in [1.54, 1.807) is 6.20 Å². The summed E-state index contributed by atoms with van der Waals surface area (Å²) in [6.07, 6.45) is 4.67. The SMILES string of the molecule is Cc1ccc2c(c1)OCC[C@H]2c1ncc[nH]1. The molecule has 2 heterocycles. The minimum absolute atomic E-state index is 0.347. The maximum atomic E-state index is 5.69. The number of fused-ring (bicyclic) bond motifs is 1. The lowest BCUT2D eigenvalue weighted by Crippen LogP contribution is -2.16. The highest BCUT2D eigenvalue weighted by molar-refractivity contribution is 5.43. The smallest absolute Gasteiger partial charge is 0.123 e. The molecule has 1 aliphatic rings. The van der Waals surface area contributed by atoms with Crippen molar-refractivity contribution in [2.45, 2.75) is 19.3 Å². The molecule has 1 aliphatic heterocycles. The Bertz CT molecular complexity index is 491. The van der Waals surface area contributed by atoms with Crippen molar-refractivity contribution >= 4 is 0 Å². The fourth-order valence-electron chi connectivity index (χ4n) is 2.25. The molecule has 1 aromatic carbocycles.